The molecule has 8 nitrogen and oxygen atoms in total. The molecule has 1 aliphatic carbocycles. The molecule has 37 heavy (non-hydrogen) atoms. The Morgan fingerprint density at radius 3 is 2.54 bits per heavy atom. The molecule has 2 aromatic heterocycles. The normalized spacial score (nSPS) is 20.2. The van der Waals surface area contributed by atoms with Crippen molar-refractivity contribution >= 4 is 27.3 Å². The fraction of sp³-hybridized carbons (Fsp3) is 0.417. The molecule has 0 radical (unpaired) electrons. The number of alkyl halides is 3. The molecule has 1 amide bonds. The van der Waals surface area contributed by atoms with E-state index in [1.54, 1.807) is 0 Å². The van der Waals surface area contributed by atoms with Crippen molar-refractivity contribution in [1.82, 2.24) is 14.8 Å². The average molecular weight is 556 g/mol. The molecule has 2 atom stereocenters. The van der Waals surface area contributed by atoms with Crippen molar-refractivity contribution in [2.45, 2.75) is 41.6 Å². The van der Waals surface area contributed by atoms with Gasteiger partial charge in [-0.3, -0.25) is 4.79 Å². The second-order valence-electron chi connectivity index (χ2n) is 9.00. The Labute approximate surface area is 215 Å². The SMILES string of the molecule is O=C(CCc1ccc([C@H]2C[C@@H]2NS(=O)(=O)c2ccc(-c3cc(C(F)(F)F)on3)s2)cc1)N1CCOCC1. The van der Waals surface area contributed by atoms with Crippen LogP contribution in [0.1, 0.15) is 35.6 Å². The minimum atomic E-state index is -4.67. The average Bonchev–Trinajstić information content (AvgIpc) is 3.26. The largest absolute Gasteiger partial charge is 0.452 e. The van der Waals surface area contributed by atoms with Gasteiger partial charge in [0.2, 0.25) is 21.7 Å². The number of carbonyl (C=O) groups excluding carboxylic acids is 1. The molecule has 1 saturated heterocycles. The lowest BCUT2D eigenvalue weighted by molar-refractivity contribution is -0.155. The topological polar surface area (TPSA) is 102 Å². The van der Waals surface area contributed by atoms with Gasteiger partial charge in [0.1, 0.15) is 9.90 Å². The number of nitrogens with one attached hydrogen (secondary N) is 1. The van der Waals surface area contributed by atoms with E-state index >= 15 is 0 Å². The molecule has 1 saturated carbocycles. The number of hydrogen-bond donors (Lipinski definition) is 1. The fourth-order valence-electron chi connectivity index (χ4n) is 4.23. The summed E-state index contributed by atoms with van der Waals surface area (Å²) in [7, 11) is -3.85. The lowest BCUT2D eigenvalue weighted by atomic mass is 10.0. The van der Waals surface area contributed by atoms with Gasteiger partial charge in [-0.05, 0) is 36.1 Å². The molecule has 5 rings (SSSR count). The number of amides is 1. The number of hydrogen-bond acceptors (Lipinski definition) is 7. The van der Waals surface area contributed by atoms with E-state index in [2.05, 4.69) is 14.4 Å². The van der Waals surface area contributed by atoms with E-state index in [1.165, 1.54) is 12.1 Å². The highest BCUT2D eigenvalue weighted by molar-refractivity contribution is 7.91. The van der Waals surface area contributed by atoms with Gasteiger partial charge < -0.3 is 14.2 Å². The highest BCUT2D eigenvalue weighted by Crippen LogP contribution is 2.42. The molecule has 2 aliphatic rings. The van der Waals surface area contributed by atoms with Crippen molar-refractivity contribution in [2.24, 2.45) is 0 Å². The summed E-state index contributed by atoms with van der Waals surface area (Å²) in [5.74, 6) is -1.10. The van der Waals surface area contributed by atoms with E-state index in [1.807, 2.05) is 29.2 Å². The zero-order chi connectivity index (χ0) is 26.2. The molecule has 3 heterocycles. The quantitative estimate of drug-likeness (QED) is 0.450. The zero-order valence-electron chi connectivity index (χ0n) is 19.5. The number of aromatic nitrogens is 1. The highest BCUT2D eigenvalue weighted by atomic mass is 32.2. The Hall–Kier alpha value is -2.74. The van der Waals surface area contributed by atoms with Gasteiger partial charge in [-0.15, -0.1) is 11.3 Å². The summed E-state index contributed by atoms with van der Waals surface area (Å²) in [5.41, 5.74) is 1.97. The number of carbonyl (C=O) groups is 1. The molecule has 1 aliphatic heterocycles. The third-order valence-electron chi connectivity index (χ3n) is 6.38. The standard InChI is InChI=1S/C24H24F3N3O5S2/c25-24(26,27)21-14-19(28-35-21)20-6-8-23(36-20)37(32,33)29-18-13-17(18)16-4-1-15(2-5-16)3-7-22(31)30-9-11-34-12-10-30/h1-2,4-6,8,14,17-18,29H,3,7,9-13H2/t17-,18+/m1/s1. The Kier molecular flexibility index (Phi) is 7.14. The molecular weight excluding hydrogens is 531 g/mol. The molecule has 3 aromatic rings. The first kappa shape index (κ1) is 25.9. The molecule has 2 fully saturated rings. The number of nitrogens with zero attached hydrogens (tertiary/aromatic N) is 2. The van der Waals surface area contributed by atoms with Crippen molar-refractivity contribution in [3.05, 3.63) is 59.4 Å². The molecule has 0 bridgehead atoms. The summed E-state index contributed by atoms with van der Waals surface area (Å²) in [6.07, 6.45) is -2.96. The van der Waals surface area contributed by atoms with E-state index in [9.17, 15) is 26.4 Å². The minimum Gasteiger partial charge on any atom is -0.378 e. The van der Waals surface area contributed by atoms with Gasteiger partial charge in [-0.25, -0.2) is 13.1 Å². The predicted octanol–water partition coefficient (Wildman–Crippen LogP) is 4.05. The van der Waals surface area contributed by atoms with Gasteiger partial charge in [0.15, 0.2) is 0 Å². The Morgan fingerprint density at radius 1 is 1.14 bits per heavy atom. The van der Waals surface area contributed by atoms with Crippen LogP contribution >= 0.6 is 11.3 Å². The van der Waals surface area contributed by atoms with E-state index in [0.29, 0.717) is 45.6 Å². The Morgan fingerprint density at radius 2 is 1.86 bits per heavy atom. The summed E-state index contributed by atoms with van der Waals surface area (Å²) in [4.78, 5) is 14.4. The van der Waals surface area contributed by atoms with Crippen molar-refractivity contribution in [3.63, 3.8) is 0 Å². The van der Waals surface area contributed by atoms with Gasteiger partial charge in [-0.2, -0.15) is 13.2 Å². The first-order chi connectivity index (χ1) is 17.6. The first-order valence-corrected chi connectivity index (χ1v) is 14.0. The van der Waals surface area contributed by atoms with Crippen LogP contribution in [-0.2, 0) is 32.2 Å². The second kappa shape index (κ2) is 10.2. The van der Waals surface area contributed by atoms with Crippen molar-refractivity contribution in [1.29, 1.82) is 0 Å². The van der Waals surface area contributed by atoms with Gasteiger partial charge in [-0.1, -0.05) is 29.4 Å². The maximum absolute atomic E-state index is 12.8. The Balaban J connectivity index is 1.15. The van der Waals surface area contributed by atoms with Gasteiger partial charge in [0, 0.05) is 37.5 Å². The third-order valence-corrected chi connectivity index (χ3v) is 9.47. The van der Waals surface area contributed by atoms with E-state index in [0.717, 1.165) is 28.5 Å². The monoisotopic (exact) mass is 555 g/mol. The molecule has 13 heteroatoms. The third kappa shape index (κ3) is 6.06. The maximum Gasteiger partial charge on any atom is 0.452 e. The van der Waals surface area contributed by atoms with Gasteiger partial charge in [0.25, 0.3) is 0 Å². The predicted molar refractivity (Wildman–Crippen MR) is 128 cm³/mol. The van der Waals surface area contributed by atoms with Gasteiger partial charge in [0.05, 0.1) is 18.1 Å². The molecule has 1 aromatic carbocycles. The van der Waals surface area contributed by atoms with E-state index in [-0.39, 0.29) is 32.6 Å². The number of aryl methyl sites for hydroxylation is 1. The van der Waals surface area contributed by atoms with Crippen LogP contribution in [0.2, 0.25) is 0 Å². The summed E-state index contributed by atoms with van der Waals surface area (Å²) >= 11 is 0.825. The van der Waals surface area contributed by atoms with Crippen molar-refractivity contribution < 1.29 is 35.6 Å². The highest BCUT2D eigenvalue weighted by Gasteiger charge is 2.42. The van der Waals surface area contributed by atoms with Crippen LogP contribution in [0, 0.1) is 0 Å². The van der Waals surface area contributed by atoms with Crippen molar-refractivity contribution in [3.8, 4) is 10.6 Å². The molecule has 0 spiro atoms. The maximum atomic E-state index is 12.8. The van der Waals surface area contributed by atoms with Gasteiger partial charge >= 0.3 is 6.18 Å². The number of thiophene rings is 1. The Bertz CT molecular complexity index is 1360. The molecule has 0 unspecified atom stereocenters. The lowest BCUT2D eigenvalue weighted by Crippen LogP contribution is -2.40. The summed E-state index contributed by atoms with van der Waals surface area (Å²) in [6.45, 7) is 2.40. The number of morpholine rings is 1. The van der Waals surface area contributed by atoms with E-state index in [4.69, 9.17) is 4.74 Å². The summed E-state index contributed by atoms with van der Waals surface area (Å²) in [5, 5.41) is 3.40. The van der Waals surface area contributed by atoms with E-state index < -0.39 is 22.0 Å². The number of rotatable bonds is 8. The van der Waals surface area contributed by atoms with Crippen LogP contribution < -0.4 is 4.72 Å². The molecular formula is C24H24F3N3O5S2. The van der Waals surface area contributed by atoms with Crippen LogP contribution in [0.3, 0.4) is 0 Å². The van der Waals surface area contributed by atoms with Crippen molar-refractivity contribution in [2.75, 3.05) is 26.3 Å². The summed E-state index contributed by atoms with van der Waals surface area (Å²) in [6, 6.07) is 11.1. The summed E-state index contributed by atoms with van der Waals surface area (Å²) < 4.78 is 76.2. The number of sulfonamides is 1. The van der Waals surface area contributed by atoms with Crippen LogP contribution in [0.25, 0.3) is 10.6 Å². The minimum absolute atomic E-state index is 0.00927. The number of halogens is 3. The number of ether oxygens (including phenoxy) is 1. The fourth-order valence-corrected chi connectivity index (χ4v) is 6.80. The number of benzene rings is 1. The van der Waals surface area contributed by atoms with Crippen LogP contribution in [0.5, 0.6) is 0 Å². The molecule has 198 valence electrons. The smallest absolute Gasteiger partial charge is 0.378 e. The first-order valence-electron chi connectivity index (χ1n) is 11.7. The lowest BCUT2D eigenvalue weighted by Gasteiger charge is -2.26. The van der Waals surface area contributed by atoms with Crippen LogP contribution in [-0.4, -0.2) is 56.7 Å². The zero-order valence-corrected chi connectivity index (χ0v) is 21.2. The second-order valence-corrected chi connectivity index (χ2v) is 12.0. The van der Waals surface area contributed by atoms with Crippen LogP contribution in [0.15, 0.2) is 51.2 Å². The molecule has 1 N–H and O–H groups in total. The van der Waals surface area contributed by atoms with Crippen LogP contribution in [0.4, 0.5) is 13.2 Å².